The van der Waals surface area contributed by atoms with E-state index < -0.39 is 0 Å². The number of rotatable bonds is 4. The summed E-state index contributed by atoms with van der Waals surface area (Å²) in [5.74, 6) is 0. The number of nitrogens with one attached hydrogen (secondary N) is 1. The molecule has 5 aromatic rings. The Morgan fingerprint density at radius 1 is 1.13 bits per heavy atom. The Bertz CT molecular complexity index is 1340. The first kappa shape index (κ1) is 18.1. The summed E-state index contributed by atoms with van der Waals surface area (Å²) in [6.07, 6.45) is 11.9. The second kappa shape index (κ2) is 7.19. The highest BCUT2D eigenvalue weighted by molar-refractivity contribution is 7.15. The van der Waals surface area contributed by atoms with Crippen molar-refractivity contribution in [1.82, 2.24) is 39.2 Å². The van der Waals surface area contributed by atoms with Crippen molar-refractivity contribution in [3.05, 3.63) is 53.3 Å². The Kier molecular flexibility index (Phi) is 4.33. The lowest BCUT2D eigenvalue weighted by molar-refractivity contribution is 0.343. The molecule has 1 aliphatic heterocycles. The van der Waals surface area contributed by atoms with Gasteiger partial charge in [0.05, 0.1) is 36.2 Å². The molecule has 0 saturated carbocycles. The van der Waals surface area contributed by atoms with Crippen molar-refractivity contribution in [1.29, 1.82) is 0 Å². The zero-order chi connectivity index (χ0) is 20.1. The van der Waals surface area contributed by atoms with Crippen LogP contribution >= 0.6 is 22.9 Å². The molecule has 8 nitrogen and oxygen atoms in total. The maximum Gasteiger partial charge on any atom is 0.195 e. The fraction of sp³-hybridized carbons (Fsp3) is 0.300. The van der Waals surface area contributed by atoms with Crippen LogP contribution in [0.15, 0.2) is 42.4 Å². The van der Waals surface area contributed by atoms with Gasteiger partial charge in [-0.25, -0.2) is 4.98 Å². The SMILES string of the molecule is Clc1nc2sccn2c1Cn1ncc2ncc(-c3cnn(C4CCNCC4)c3)cc21. The average Bonchev–Trinajstić information content (AvgIpc) is 3.55. The molecule has 1 fully saturated rings. The van der Waals surface area contributed by atoms with Crippen LogP contribution in [0.25, 0.3) is 27.1 Å². The highest BCUT2D eigenvalue weighted by atomic mass is 35.5. The predicted octanol–water partition coefficient (Wildman–Crippen LogP) is 3.63. The highest BCUT2D eigenvalue weighted by Gasteiger charge is 2.17. The van der Waals surface area contributed by atoms with E-state index in [1.165, 1.54) is 0 Å². The third kappa shape index (κ3) is 3.01. The zero-order valence-electron chi connectivity index (χ0n) is 16.1. The Morgan fingerprint density at radius 2 is 2.03 bits per heavy atom. The van der Waals surface area contributed by atoms with Crippen LogP contribution in [-0.4, -0.2) is 47.0 Å². The summed E-state index contributed by atoms with van der Waals surface area (Å²) in [5.41, 5.74) is 4.83. The van der Waals surface area contributed by atoms with E-state index in [1.807, 2.05) is 33.1 Å². The summed E-state index contributed by atoms with van der Waals surface area (Å²) in [6, 6.07) is 2.58. The van der Waals surface area contributed by atoms with Crippen molar-refractivity contribution in [3.63, 3.8) is 0 Å². The van der Waals surface area contributed by atoms with Gasteiger partial charge in [0, 0.05) is 35.1 Å². The molecule has 30 heavy (non-hydrogen) atoms. The van der Waals surface area contributed by atoms with Gasteiger partial charge in [-0.3, -0.25) is 18.7 Å². The summed E-state index contributed by atoms with van der Waals surface area (Å²) in [5, 5.41) is 15.1. The maximum absolute atomic E-state index is 6.38. The molecule has 1 N–H and O–H groups in total. The minimum Gasteiger partial charge on any atom is -0.317 e. The zero-order valence-corrected chi connectivity index (χ0v) is 17.6. The first-order valence-corrected chi connectivity index (χ1v) is 11.2. The maximum atomic E-state index is 6.38. The van der Waals surface area contributed by atoms with E-state index in [2.05, 4.69) is 42.4 Å². The number of aromatic nitrogens is 7. The van der Waals surface area contributed by atoms with E-state index in [9.17, 15) is 0 Å². The van der Waals surface area contributed by atoms with Crippen molar-refractivity contribution in [2.45, 2.75) is 25.4 Å². The molecule has 152 valence electrons. The number of thiazole rings is 1. The molecule has 10 heteroatoms. The number of piperidine rings is 1. The minimum absolute atomic E-state index is 0.458. The lowest BCUT2D eigenvalue weighted by Gasteiger charge is -2.22. The number of hydrogen-bond donors (Lipinski definition) is 1. The number of imidazole rings is 1. The molecule has 5 aromatic heterocycles. The normalized spacial score (nSPS) is 15.5. The van der Waals surface area contributed by atoms with Crippen LogP contribution in [0.2, 0.25) is 5.15 Å². The van der Waals surface area contributed by atoms with Gasteiger partial charge in [-0.05, 0) is 32.0 Å². The van der Waals surface area contributed by atoms with Crippen molar-refractivity contribution in [2.24, 2.45) is 0 Å². The first-order valence-electron chi connectivity index (χ1n) is 9.93. The highest BCUT2D eigenvalue weighted by Crippen LogP contribution is 2.27. The summed E-state index contributed by atoms with van der Waals surface area (Å²) in [7, 11) is 0. The van der Waals surface area contributed by atoms with Crippen molar-refractivity contribution < 1.29 is 0 Å². The van der Waals surface area contributed by atoms with Crippen molar-refractivity contribution in [2.75, 3.05) is 13.1 Å². The molecule has 0 aliphatic carbocycles. The fourth-order valence-corrected chi connectivity index (χ4v) is 5.10. The molecule has 0 radical (unpaired) electrons. The Labute approximate surface area is 181 Å². The Hall–Kier alpha value is -2.75. The van der Waals surface area contributed by atoms with E-state index in [1.54, 1.807) is 17.5 Å². The van der Waals surface area contributed by atoms with Crippen LogP contribution in [-0.2, 0) is 6.54 Å². The van der Waals surface area contributed by atoms with Crippen LogP contribution in [0.3, 0.4) is 0 Å². The quantitative estimate of drug-likeness (QED) is 0.463. The molecule has 6 heterocycles. The fourth-order valence-electron chi connectivity index (χ4n) is 4.09. The standard InChI is InChI=1S/C20H19ClN8S/c21-19-18(27-5-6-30-20(27)26-19)12-29-17-7-13(8-23-16(17)10-25-29)14-9-24-28(11-14)15-1-3-22-4-2-15/h5-11,15,22H,1-4,12H2. The first-order chi connectivity index (χ1) is 14.8. The smallest absolute Gasteiger partial charge is 0.195 e. The molecular weight excluding hydrogens is 420 g/mol. The third-order valence-corrected chi connectivity index (χ3v) is 6.78. The molecule has 0 unspecified atom stereocenters. The van der Waals surface area contributed by atoms with Crippen LogP contribution in [0.4, 0.5) is 0 Å². The van der Waals surface area contributed by atoms with Crippen molar-refractivity contribution in [3.8, 4) is 11.1 Å². The van der Waals surface area contributed by atoms with Gasteiger partial charge >= 0.3 is 0 Å². The summed E-state index contributed by atoms with van der Waals surface area (Å²) >= 11 is 7.95. The monoisotopic (exact) mass is 438 g/mol. The van der Waals surface area contributed by atoms with Gasteiger partial charge in [-0.2, -0.15) is 10.2 Å². The summed E-state index contributed by atoms with van der Waals surface area (Å²) < 4.78 is 6.04. The summed E-state index contributed by atoms with van der Waals surface area (Å²) in [4.78, 5) is 9.93. The van der Waals surface area contributed by atoms with Crippen LogP contribution in [0, 0.1) is 0 Å². The molecule has 0 amide bonds. The number of fused-ring (bicyclic) bond motifs is 2. The third-order valence-electron chi connectivity index (χ3n) is 5.72. The van der Waals surface area contributed by atoms with E-state index in [0.29, 0.717) is 17.7 Å². The van der Waals surface area contributed by atoms with E-state index >= 15 is 0 Å². The average molecular weight is 439 g/mol. The van der Waals surface area contributed by atoms with Crippen LogP contribution < -0.4 is 5.32 Å². The van der Waals surface area contributed by atoms with Gasteiger partial charge in [0.2, 0.25) is 0 Å². The molecular formula is C20H19ClN8S. The van der Waals surface area contributed by atoms with E-state index in [0.717, 1.165) is 58.7 Å². The lowest BCUT2D eigenvalue weighted by Crippen LogP contribution is -2.29. The predicted molar refractivity (Wildman–Crippen MR) is 117 cm³/mol. The molecule has 0 bridgehead atoms. The Balaban J connectivity index is 1.35. The molecule has 0 aromatic carbocycles. The Morgan fingerprint density at radius 3 is 2.93 bits per heavy atom. The van der Waals surface area contributed by atoms with Crippen LogP contribution in [0.5, 0.6) is 0 Å². The molecule has 6 rings (SSSR count). The second-order valence-corrected chi connectivity index (χ2v) is 8.76. The number of halogens is 1. The van der Waals surface area contributed by atoms with Gasteiger partial charge in [0.25, 0.3) is 0 Å². The molecule has 1 aliphatic rings. The number of nitrogens with zero attached hydrogens (tertiary/aromatic N) is 7. The van der Waals surface area contributed by atoms with Crippen molar-refractivity contribution >= 4 is 38.9 Å². The second-order valence-electron chi connectivity index (χ2n) is 7.53. The number of pyridine rings is 1. The molecule has 1 saturated heterocycles. The van der Waals surface area contributed by atoms with Gasteiger partial charge in [-0.15, -0.1) is 11.3 Å². The van der Waals surface area contributed by atoms with Gasteiger partial charge < -0.3 is 5.32 Å². The van der Waals surface area contributed by atoms with E-state index in [-0.39, 0.29) is 0 Å². The minimum atomic E-state index is 0.458. The number of hydrogen-bond acceptors (Lipinski definition) is 6. The van der Waals surface area contributed by atoms with Gasteiger partial charge in [0.15, 0.2) is 10.1 Å². The molecule has 0 spiro atoms. The topological polar surface area (TPSA) is 77.9 Å². The van der Waals surface area contributed by atoms with Gasteiger partial charge in [0.1, 0.15) is 5.52 Å². The van der Waals surface area contributed by atoms with Gasteiger partial charge in [-0.1, -0.05) is 11.6 Å². The lowest BCUT2D eigenvalue weighted by atomic mass is 10.1. The molecule has 0 atom stereocenters. The largest absolute Gasteiger partial charge is 0.317 e. The summed E-state index contributed by atoms with van der Waals surface area (Å²) in [6.45, 7) is 2.61. The van der Waals surface area contributed by atoms with Crippen LogP contribution in [0.1, 0.15) is 24.6 Å². The van der Waals surface area contributed by atoms with E-state index in [4.69, 9.17) is 11.6 Å².